The van der Waals surface area contributed by atoms with E-state index in [-0.39, 0.29) is 30.5 Å². The number of morpholine rings is 1. The third kappa shape index (κ3) is 5.95. The maximum atomic E-state index is 12.1. The zero-order valence-corrected chi connectivity index (χ0v) is 16.5. The van der Waals surface area contributed by atoms with E-state index < -0.39 is 0 Å². The summed E-state index contributed by atoms with van der Waals surface area (Å²) < 4.78 is 11.0. The van der Waals surface area contributed by atoms with Crippen LogP contribution < -0.4 is 15.4 Å². The first-order valence-corrected chi connectivity index (χ1v) is 9.32. The smallest absolute Gasteiger partial charge is 0.227 e. The van der Waals surface area contributed by atoms with E-state index in [0.717, 1.165) is 23.6 Å². The molecule has 1 fully saturated rings. The molecule has 0 bridgehead atoms. The largest absolute Gasteiger partial charge is 0.491 e. The zero-order valence-electron chi connectivity index (χ0n) is 14.9. The lowest BCUT2D eigenvalue weighted by atomic mass is 10.2. The molecule has 1 aromatic carbocycles. The fourth-order valence-electron chi connectivity index (χ4n) is 2.59. The van der Waals surface area contributed by atoms with Crippen LogP contribution in [-0.2, 0) is 9.53 Å². The van der Waals surface area contributed by atoms with Gasteiger partial charge in [-0.25, -0.2) is 4.98 Å². The molecule has 2 N–H and O–H groups in total. The van der Waals surface area contributed by atoms with Crippen molar-refractivity contribution < 1.29 is 14.3 Å². The molecular weight excluding hydrogens is 374 g/mol. The van der Waals surface area contributed by atoms with E-state index in [1.807, 2.05) is 43.5 Å². The molecule has 1 aromatic heterocycles. The van der Waals surface area contributed by atoms with Gasteiger partial charge in [-0.05, 0) is 38.1 Å². The van der Waals surface area contributed by atoms with Gasteiger partial charge in [0.25, 0.3) is 0 Å². The Bertz CT molecular complexity index is 700. The fraction of sp³-hybridized carbons (Fsp3) is 0.444. The highest BCUT2D eigenvalue weighted by Gasteiger charge is 2.17. The normalized spacial score (nSPS) is 16.8. The number of hydrogen-bond acceptors (Lipinski definition) is 6. The summed E-state index contributed by atoms with van der Waals surface area (Å²) >= 11 is 1.42. The predicted octanol–water partition coefficient (Wildman–Crippen LogP) is 3.34. The summed E-state index contributed by atoms with van der Waals surface area (Å²) in [6.45, 7) is 6.06. The molecule has 2 heterocycles. The van der Waals surface area contributed by atoms with Gasteiger partial charge in [-0.3, -0.25) is 4.79 Å². The molecule has 0 aliphatic carbocycles. The van der Waals surface area contributed by atoms with Crippen LogP contribution in [0.3, 0.4) is 0 Å². The highest BCUT2D eigenvalue weighted by atomic mass is 35.5. The molecule has 1 aliphatic heterocycles. The summed E-state index contributed by atoms with van der Waals surface area (Å²) in [7, 11) is 0. The van der Waals surface area contributed by atoms with Gasteiger partial charge in [0.2, 0.25) is 5.91 Å². The number of benzene rings is 1. The molecule has 1 aliphatic rings. The van der Waals surface area contributed by atoms with E-state index in [9.17, 15) is 4.79 Å². The summed E-state index contributed by atoms with van der Waals surface area (Å²) in [5, 5.41) is 8.69. The number of anilines is 1. The predicted molar refractivity (Wildman–Crippen MR) is 106 cm³/mol. The molecule has 3 rings (SSSR count). The average molecular weight is 398 g/mol. The number of aromatic nitrogens is 1. The minimum atomic E-state index is -0.0513. The Hall–Kier alpha value is -1.67. The third-order valence-electron chi connectivity index (χ3n) is 3.70. The number of ether oxygens (including phenoxy) is 2. The molecular formula is C18H24ClN3O3S. The summed E-state index contributed by atoms with van der Waals surface area (Å²) in [5.41, 5.74) is 1.84. The molecule has 1 saturated heterocycles. The van der Waals surface area contributed by atoms with Gasteiger partial charge in [0.1, 0.15) is 5.75 Å². The highest BCUT2D eigenvalue weighted by molar-refractivity contribution is 7.14. The molecule has 1 unspecified atom stereocenters. The Labute approximate surface area is 163 Å². The Morgan fingerprint density at radius 3 is 2.85 bits per heavy atom. The van der Waals surface area contributed by atoms with Crippen LogP contribution >= 0.6 is 23.7 Å². The van der Waals surface area contributed by atoms with Crippen LogP contribution in [0.1, 0.15) is 20.3 Å². The first-order chi connectivity index (χ1) is 12.1. The van der Waals surface area contributed by atoms with Crippen molar-refractivity contribution in [3.05, 3.63) is 29.6 Å². The summed E-state index contributed by atoms with van der Waals surface area (Å²) in [6.07, 6.45) is 0.534. The number of carbonyl (C=O) groups is 1. The maximum absolute atomic E-state index is 12.1. The molecule has 2 aromatic rings. The van der Waals surface area contributed by atoms with Gasteiger partial charge in [-0.1, -0.05) is 0 Å². The lowest BCUT2D eigenvalue weighted by Crippen LogP contribution is -2.43. The van der Waals surface area contributed by atoms with Crippen LogP contribution in [0.2, 0.25) is 0 Å². The number of hydrogen-bond donors (Lipinski definition) is 2. The second kappa shape index (κ2) is 9.87. The quantitative estimate of drug-likeness (QED) is 0.782. The second-order valence-electron chi connectivity index (χ2n) is 6.21. The zero-order chi connectivity index (χ0) is 17.6. The SMILES string of the molecule is CC(C)Oc1ccc(-c2csc(NC(=O)CC3COCCN3)n2)cc1.Cl. The summed E-state index contributed by atoms with van der Waals surface area (Å²) in [6, 6.07) is 7.88. The van der Waals surface area contributed by atoms with Crippen LogP contribution in [0.5, 0.6) is 5.75 Å². The lowest BCUT2D eigenvalue weighted by molar-refractivity contribution is -0.117. The van der Waals surface area contributed by atoms with Crippen molar-refractivity contribution in [2.75, 3.05) is 25.1 Å². The minimum absolute atomic E-state index is 0. The number of amides is 1. The van der Waals surface area contributed by atoms with Crippen molar-refractivity contribution in [2.24, 2.45) is 0 Å². The Morgan fingerprint density at radius 2 is 2.19 bits per heavy atom. The number of carbonyl (C=O) groups excluding carboxylic acids is 1. The molecule has 1 amide bonds. The Balaban J connectivity index is 0.00000243. The molecule has 1 atom stereocenters. The van der Waals surface area contributed by atoms with Gasteiger partial charge >= 0.3 is 0 Å². The molecule has 8 heteroatoms. The van der Waals surface area contributed by atoms with Crippen LogP contribution in [0.25, 0.3) is 11.3 Å². The average Bonchev–Trinajstić information content (AvgIpc) is 3.04. The molecule has 0 saturated carbocycles. The number of halogens is 1. The minimum Gasteiger partial charge on any atom is -0.491 e. The van der Waals surface area contributed by atoms with Crippen molar-refractivity contribution in [3.63, 3.8) is 0 Å². The van der Waals surface area contributed by atoms with E-state index in [1.165, 1.54) is 11.3 Å². The Kier molecular flexibility index (Phi) is 7.84. The fourth-order valence-corrected chi connectivity index (χ4v) is 3.32. The Morgan fingerprint density at radius 1 is 1.42 bits per heavy atom. The van der Waals surface area contributed by atoms with E-state index >= 15 is 0 Å². The molecule has 26 heavy (non-hydrogen) atoms. The van der Waals surface area contributed by atoms with Crippen molar-refractivity contribution in [1.29, 1.82) is 0 Å². The topological polar surface area (TPSA) is 72.5 Å². The van der Waals surface area contributed by atoms with E-state index in [4.69, 9.17) is 9.47 Å². The second-order valence-corrected chi connectivity index (χ2v) is 7.07. The maximum Gasteiger partial charge on any atom is 0.227 e. The van der Waals surface area contributed by atoms with E-state index in [0.29, 0.717) is 24.8 Å². The van der Waals surface area contributed by atoms with Crippen LogP contribution in [-0.4, -0.2) is 42.8 Å². The first-order valence-electron chi connectivity index (χ1n) is 8.44. The molecule has 142 valence electrons. The lowest BCUT2D eigenvalue weighted by Gasteiger charge is -2.22. The van der Waals surface area contributed by atoms with E-state index in [1.54, 1.807) is 0 Å². The van der Waals surface area contributed by atoms with Crippen molar-refractivity contribution in [1.82, 2.24) is 10.3 Å². The van der Waals surface area contributed by atoms with Crippen LogP contribution in [0.4, 0.5) is 5.13 Å². The van der Waals surface area contributed by atoms with Gasteiger partial charge in [0, 0.05) is 30.0 Å². The number of thiazole rings is 1. The van der Waals surface area contributed by atoms with Gasteiger partial charge in [-0.2, -0.15) is 0 Å². The van der Waals surface area contributed by atoms with E-state index in [2.05, 4.69) is 15.6 Å². The first kappa shape index (κ1) is 20.6. The summed E-state index contributed by atoms with van der Waals surface area (Å²) in [4.78, 5) is 16.6. The summed E-state index contributed by atoms with van der Waals surface area (Å²) in [5.74, 6) is 0.786. The van der Waals surface area contributed by atoms with Gasteiger partial charge < -0.3 is 20.1 Å². The molecule has 6 nitrogen and oxygen atoms in total. The monoisotopic (exact) mass is 397 g/mol. The van der Waals surface area contributed by atoms with Gasteiger partial charge in [0.05, 0.1) is 25.0 Å². The van der Waals surface area contributed by atoms with Crippen LogP contribution in [0.15, 0.2) is 29.6 Å². The number of nitrogens with one attached hydrogen (secondary N) is 2. The van der Waals surface area contributed by atoms with Gasteiger partial charge in [-0.15, -0.1) is 23.7 Å². The third-order valence-corrected chi connectivity index (χ3v) is 4.46. The molecule has 0 spiro atoms. The van der Waals surface area contributed by atoms with Crippen molar-refractivity contribution >= 4 is 34.8 Å². The number of nitrogens with zero attached hydrogens (tertiary/aromatic N) is 1. The standard InChI is InChI=1S/C18H23N3O3S.ClH/c1-12(2)24-15-5-3-13(4-6-15)16-11-25-18(20-16)21-17(22)9-14-10-23-8-7-19-14;/h3-6,11-12,14,19H,7-10H2,1-2H3,(H,20,21,22);1H. The van der Waals surface area contributed by atoms with Crippen molar-refractivity contribution in [2.45, 2.75) is 32.4 Å². The van der Waals surface area contributed by atoms with Crippen LogP contribution in [0, 0.1) is 0 Å². The molecule has 0 radical (unpaired) electrons. The number of rotatable bonds is 6. The van der Waals surface area contributed by atoms with Crippen molar-refractivity contribution in [3.8, 4) is 17.0 Å². The van der Waals surface area contributed by atoms with Gasteiger partial charge in [0.15, 0.2) is 5.13 Å². The highest BCUT2D eigenvalue weighted by Crippen LogP contribution is 2.27.